The lowest BCUT2D eigenvalue weighted by atomic mass is 10.2. The number of nitrogens with two attached hydrogens (primary N) is 1. The van der Waals surface area contributed by atoms with Crippen LogP contribution < -0.4 is 5.73 Å². The number of hydrogen-bond acceptors (Lipinski definition) is 3. The van der Waals surface area contributed by atoms with Gasteiger partial charge in [-0.2, -0.15) is 0 Å². The van der Waals surface area contributed by atoms with E-state index in [1.165, 1.54) is 11.8 Å². The smallest absolute Gasteiger partial charge is 0.172 e. The highest BCUT2D eigenvalue weighted by molar-refractivity contribution is 7.99. The Morgan fingerprint density at radius 2 is 1.79 bits per heavy atom. The van der Waals surface area contributed by atoms with Crippen LogP contribution in [0.4, 0.5) is 0 Å². The summed E-state index contributed by atoms with van der Waals surface area (Å²) in [5, 5.41) is 12.9. The van der Waals surface area contributed by atoms with Crippen LogP contribution in [-0.4, -0.2) is 11.0 Å². The minimum absolute atomic E-state index is 0.0120. The highest BCUT2D eigenvalue weighted by atomic mass is 35.5. The molecule has 0 unspecified atom stereocenters. The summed E-state index contributed by atoms with van der Waals surface area (Å²) in [4.78, 5) is 1.80. The fraction of sp³-hybridized carbons (Fsp3) is 0. The summed E-state index contributed by atoms with van der Waals surface area (Å²) < 4.78 is 0. The number of nitrogens with zero attached hydrogens (tertiary/aromatic N) is 1. The number of oxime groups is 1. The topological polar surface area (TPSA) is 58.6 Å². The third kappa shape index (κ3) is 3.35. The molecule has 98 valence electrons. The molecule has 0 aliphatic heterocycles. The Hall–Kier alpha value is -1.36. The van der Waals surface area contributed by atoms with Crippen LogP contribution in [0.25, 0.3) is 0 Å². The Morgan fingerprint density at radius 1 is 1.11 bits per heavy atom. The third-order valence-electron chi connectivity index (χ3n) is 2.38. The van der Waals surface area contributed by atoms with Crippen LogP contribution in [0.15, 0.2) is 57.4 Å². The van der Waals surface area contributed by atoms with Gasteiger partial charge in [0, 0.05) is 14.8 Å². The van der Waals surface area contributed by atoms with Crippen LogP contribution in [0, 0.1) is 0 Å². The number of rotatable bonds is 3. The lowest BCUT2D eigenvalue weighted by Gasteiger charge is -2.09. The average molecular weight is 313 g/mol. The van der Waals surface area contributed by atoms with Gasteiger partial charge in [0.2, 0.25) is 0 Å². The van der Waals surface area contributed by atoms with Gasteiger partial charge in [-0.1, -0.05) is 46.2 Å². The highest BCUT2D eigenvalue weighted by Gasteiger charge is 2.12. The molecular formula is C13H10Cl2N2OS. The molecule has 0 bridgehead atoms. The Morgan fingerprint density at radius 3 is 2.42 bits per heavy atom. The van der Waals surface area contributed by atoms with E-state index in [0.717, 1.165) is 9.79 Å². The van der Waals surface area contributed by atoms with Crippen molar-refractivity contribution < 1.29 is 5.21 Å². The SMILES string of the molecule is NC(=NO)c1c(Cl)cccc1Sc1ccc(Cl)cc1. The van der Waals surface area contributed by atoms with E-state index in [1.54, 1.807) is 18.2 Å². The molecule has 3 nitrogen and oxygen atoms in total. The molecule has 3 N–H and O–H groups in total. The second kappa shape index (κ2) is 6.19. The average Bonchev–Trinajstić information content (AvgIpc) is 2.41. The molecule has 0 heterocycles. The summed E-state index contributed by atoms with van der Waals surface area (Å²) >= 11 is 13.4. The molecule has 0 saturated carbocycles. The maximum absolute atomic E-state index is 8.82. The lowest BCUT2D eigenvalue weighted by molar-refractivity contribution is 0.318. The van der Waals surface area contributed by atoms with E-state index in [-0.39, 0.29) is 5.84 Å². The van der Waals surface area contributed by atoms with E-state index in [2.05, 4.69) is 5.16 Å². The molecule has 2 rings (SSSR count). The summed E-state index contributed by atoms with van der Waals surface area (Å²) in [6.07, 6.45) is 0. The number of hydrogen-bond donors (Lipinski definition) is 2. The predicted molar refractivity (Wildman–Crippen MR) is 79.5 cm³/mol. The Bertz CT molecular complexity index is 615. The first kappa shape index (κ1) is 14.1. The monoisotopic (exact) mass is 312 g/mol. The molecule has 0 spiro atoms. The highest BCUT2D eigenvalue weighted by Crippen LogP contribution is 2.34. The van der Waals surface area contributed by atoms with Crippen molar-refractivity contribution in [3.8, 4) is 0 Å². The molecule has 2 aromatic carbocycles. The van der Waals surface area contributed by atoms with Gasteiger partial charge in [0.15, 0.2) is 5.84 Å². The van der Waals surface area contributed by atoms with Crippen molar-refractivity contribution in [3.05, 3.63) is 58.1 Å². The van der Waals surface area contributed by atoms with Crippen LogP contribution in [0.2, 0.25) is 10.0 Å². The molecule has 0 fully saturated rings. The normalized spacial score (nSPS) is 11.6. The van der Waals surface area contributed by atoms with E-state index in [9.17, 15) is 0 Å². The van der Waals surface area contributed by atoms with Gasteiger partial charge in [-0.05, 0) is 36.4 Å². The van der Waals surface area contributed by atoms with Gasteiger partial charge in [0.05, 0.1) is 10.6 Å². The molecule has 0 aromatic heterocycles. The Kier molecular flexibility index (Phi) is 4.58. The van der Waals surface area contributed by atoms with Crippen LogP contribution in [0.5, 0.6) is 0 Å². The molecule has 0 aliphatic carbocycles. The van der Waals surface area contributed by atoms with E-state index < -0.39 is 0 Å². The van der Waals surface area contributed by atoms with E-state index in [0.29, 0.717) is 15.6 Å². The zero-order valence-corrected chi connectivity index (χ0v) is 12.0. The van der Waals surface area contributed by atoms with Crippen LogP contribution >= 0.6 is 35.0 Å². The lowest BCUT2D eigenvalue weighted by Crippen LogP contribution is -2.14. The predicted octanol–water partition coefficient (Wildman–Crippen LogP) is 4.24. The summed E-state index contributed by atoms with van der Waals surface area (Å²) in [5.41, 5.74) is 6.17. The fourth-order valence-corrected chi connectivity index (χ4v) is 2.96. The molecule has 19 heavy (non-hydrogen) atoms. The van der Waals surface area contributed by atoms with Gasteiger partial charge in [-0.15, -0.1) is 0 Å². The first-order valence-corrected chi connectivity index (χ1v) is 6.89. The van der Waals surface area contributed by atoms with E-state index >= 15 is 0 Å². The second-order valence-electron chi connectivity index (χ2n) is 3.65. The molecule has 0 saturated heterocycles. The molecule has 0 amide bonds. The first-order valence-electron chi connectivity index (χ1n) is 5.31. The second-order valence-corrected chi connectivity index (χ2v) is 5.61. The van der Waals surface area contributed by atoms with Crippen LogP contribution in [-0.2, 0) is 0 Å². The fourth-order valence-electron chi connectivity index (χ4n) is 1.52. The molecule has 0 atom stereocenters. The number of amidine groups is 1. The summed E-state index contributed by atoms with van der Waals surface area (Å²) in [6, 6.07) is 12.8. The van der Waals surface area contributed by atoms with Crippen molar-refractivity contribution in [1.29, 1.82) is 0 Å². The van der Waals surface area contributed by atoms with Gasteiger partial charge in [-0.25, -0.2) is 0 Å². The standard InChI is InChI=1S/C13H10Cl2N2OS/c14-8-4-6-9(7-5-8)19-11-3-1-2-10(15)12(11)13(16)17-18/h1-7,18H,(H2,16,17). The zero-order chi connectivity index (χ0) is 13.8. The van der Waals surface area contributed by atoms with E-state index in [1.807, 2.05) is 24.3 Å². The van der Waals surface area contributed by atoms with E-state index in [4.69, 9.17) is 34.1 Å². The molecule has 2 aromatic rings. The minimum Gasteiger partial charge on any atom is -0.409 e. The van der Waals surface area contributed by atoms with Gasteiger partial charge >= 0.3 is 0 Å². The van der Waals surface area contributed by atoms with Gasteiger partial charge < -0.3 is 10.9 Å². The number of benzene rings is 2. The quantitative estimate of drug-likeness (QED) is 0.386. The van der Waals surface area contributed by atoms with Crippen molar-refractivity contribution in [2.45, 2.75) is 9.79 Å². The molecule has 0 aliphatic rings. The molecular weight excluding hydrogens is 303 g/mol. The van der Waals surface area contributed by atoms with Gasteiger partial charge in [-0.3, -0.25) is 0 Å². The summed E-state index contributed by atoms with van der Waals surface area (Å²) in [7, 11) is 0. The van der Waals surface area contributed by atoms with Crippen LogP contribution in [0.1, 0.15) is 5.56 Å². The maximum atomic E-state index is 8.82. The van der Waals surface area contributed by atoms with Crippen molar-refractivity contribution in [3.63, 3.8) is 0 Å². The minimum atomic E-state index is -0.0120. The third-order valence-corrected chi connectivity index (χ3v) is 4.02. The van der Waals surface area contributed by atoms with Crippen molar-refractivity contribution >= 4 is 40.8 Å². The summed E-state index contributed by atoms with van der Waals surface area (Å²) in [6.45, 7) is 0. The molecule has 0 radical (unpaired) electrons. The Balaban J connectivity index is 2.40. The Labute approximate surface area is 125 Å². The van der Waals surface area contributed by atoms with Crippen molar-refractivity contribution in [2.75, 3.05) is 0 Å². The van der Waals surface area contributed by atoms with Crippen molar-refractivity contribution in [1.82, 2.24) is 0 Å². The summed E-state index contributed by atoms with van der Waals surface area (Å²) in [5.74, 6) is -0.0120. The number of halogens is 2. The zero-order valence-electron chi connectivity index (χ0n) is 9.68. The largest absolute Gasteiger partial charge is 0.409 e. The maximum Gasteiger partial charge on any atom is 0.172 e. The van der Waals surface area contributed by atoms with Gasteiger partial charge in [0.25, 0.3) is 0 Å². The molecule has 6 heteroatoms. The van der Waals surface area contributed by atoms with Crippen LogP contribution in [0.3, 0.4) is 0 Å². The van der Waals surface area contributed by atoms with Gasteiger partial charge in [0.1, 0.15) is 0 Å². The first-order chi connectivity index (χ1) is 9.11. The van der Waals surface area contributed by atoms with Crippen molar-refractivity contribution in [2.24, 2.45) is 10.9 Å².